The number of rotatable bonds is 4. The van der Waals surface area contributed by atoms with Crippen molar-refractivity contribution in [1.29, 1.82) is 0 Å². The van der Waals surface area contributed by atoms with Crippen molar-refractivity contribution >= 4 is 23.2 Å². The van der Waals surface area contributed by atoms with E-state index in [1.807, 2.05) is 6.92 Å². The summed E-state index contributed by atoms with van der Waals surface area (Å²) in [5.41, 5.74) is 0. The number of carbonyl (C=O) groups excluding carboxylic acids is 1. The number of carbonyl (C=O) groups is 1. The van der Waals surface area contributed by atoms with Gasteiger partial charge in [-0.2, -0.15) is 0 Å². The predicted molar refractivity (Wildman–Crippen MR) is 66.2 cm³/mol. The van der Waals surface area contributed by atoms with Crippen LogP contribution in [-0.4, -0.2) is 43.4 Å². The molecule has 0 bridgehead atoms. The average molecular weight is 245 g/mol. The Kier molecular flexibility index (Phi) is 5.48. The van der Waals surface area contributed by atoms with E-state index in [0.717, 1.165) is 19.4 Å². The molecule has 1 saturated heterocycles. The molecule has 2 unspecified atom stereocenters. The number of piperidine rings is 1. The van der Waals surface area contributed by atoms with E-state index in [-0.39, 0.29) is 18.0 Å². The molecule has 1 amide bonds. The van der Waals surface area contributed by atoms with Gasteiger partial charge in [0.25, 0.3) is 0 Å². The Balaban J connectivity index is 2.30. The Morgan fingerprint density at radius 2 is 2.50 bits per heavy atom. The maximum atomic E-state index is 11.5. The summed E-state index contributed by atoms with van der Waals surface area (Å²) in [6, 6.07) is -0.0693. The fourth-order valence-electron chi connectivity index (χ4n) is 1.63. The number of thiocarbonyl (C=S) groups is 1. The van der Waals surface area contributed by atoms with Crippen LogP contribution in [0.1, 0.15) is 19.8 Å². The zero-order chi connectivity index (χ0) is 12.0. The quantitative estimate of drug-likeness (QED) is 0.597. The zero-order valence-electron chi connectivity index (χ0n) is 9.71. The van der Waals surface area contributed by atoms with Crippen molar-refractivity contribution in [2.75, 3.05) is 20.3 Å². The zero-order valence-corrected chi connectivity index (χ0v) is 10.5. The van der Waals surface area contributed by atoms with Gasteiger partial charge in [-0.15, -0.1) is 0 Å². The van der Waals surface area contributed by atoms with Gasteiger partial charge in [-0.1, -0.05) is 0 Å². The number of nitrogens with one attached hydrogen (secondary N) is 3. The molecule has 5 nitrogen and oxygen atoms in total. The van der Waals surface area contributed by atoms with E-state index >= 15 is 0 Å². The van der Waals surface area contributed by atoms with Crippen molar-refractivity contribution in [3.8, 4) is 0 Å². The summed E-state index contributed by atoms with van der Waals surface area (Å²) in [7, 11) is 1.64. The molecule has 1 fully saturated rings. The Hall–Kier alpha value is -0.880. The van der Waals surface area contributed by atoms with Gasteiger partial charge in [0.2, 0.25) is 5.91 Å². The molecule has 0 aromatic rings. The summed E-state index contributed by atoms with van der Waals surface area (Å²) in [5.74, 6) is 0.0230. The lowest BCUT2D eigenvalue weighted by molar-refractivity contribution is -0.124. The van der Waals surface area contributed by atoms with Crippen LogP contribution in [0.3, 0.4) is 0 Å². The second-order valence-electron chi connectivity index (χ2n) is 3.96. The minimum atomic E-state index is -0.205. The predicted octanol–water partition coefficient (Wildman–Crippen LogP) is -0.236. The molecular formula is C10H19N3O2S. The maximum Gasteiger partial charge on any atom is 0.242 e. The van der Waals surface area contributed by atoms with E-state index in [1.54, 1.807) is 7.11 Å². The summed E-state index contributed by atoms with van der Waals surface area (Å²) in [6.07, 6.45) is 1.81. The van der Waals surface area contributed by atoms with Crippen molar-refractivity contribution in [2.45, 2.75) is 31.8 Å². The summed E-state index contributed by atoms with van der Waals surface area (Å²) in [6.45, 7) is 3.31. The number of methoxy groups -OCH3 is 1. The van der Waals surface area contributed by atoms with Crippen molar-refractivity contribution in [3.63, 3.8) is 0 Å². The Morgan fingerprint density at radius 1 is 1.75 bits per heavy atom. The maximum absolute atomic E-state index is 11.5. The highest BCUT2D eigenvalue weighted by Crippen LogP contribution is 2.02. The summed E-state index contributed by atoms with van der Waals surface area (Å²) in [4.78, 5) is 11.5. The van der Waals surface area contributed by atoms with Crippen LogP contribution >= 0.6 is 12.2 Å². The lowest BCUT2D eigenvalue weighted by Crippen LogP contribution is -2.54. The van der Waals surface area contributed by atoms with Crippen LogP contribution in [0.5, 0.6) is 0 Å². The molecule has 16 heavy (non-hydrogen) atoms. The molecule has 0 saturated carbocycles. The van der Waals surface area contributed by atoms with Gasteiger partial charge in [0.05, 0.1) is 6.61 Å². The first-order valence-corrected chi connectivity index (χ1v) is 5.88. The Bertz CT molecular complexity index is 260. The molecule has 2 atom stereocenters. The first kappa shape index (κ1) is 13.2. The third-order valence-corrected chi connectivity index (χ3v) is 2.62. The van der Waals surface area contributed by atoms with Gasteiger partial charge < -0.3 is 20.7 Å². The lowest BCUT2D eigenvalue weighted by Gasteiger charge is -2.25. The van der Waals surface area contributed by atoms with Gasteiger partial charge in [-0.05, 0) is 32.0 Å². The second-order valence-corrected chi connectivity index (χ2v) is 4.37. The average Bonchev–Trinajstić information content (AvgIpc) is 2.21. The highest BCUT2D eigenvalue weighted by Gasteiger charge is 2.22. The Labute approximate surface area is 101 Å². The van der Waals surface area contributed by atoms with E-state index < -0.39 is 0 Å². The molecule has 1 aliphatic heterocycles. The van der Waals surface area contributed by atoms with E-state index in [0.29, 0.717) is 11.7 Å². The first-order chi connectivity index (χ1) is 7.63. The monoisotopic (exact) mass is 245 g/mol. The standard InChI is InChI=1S/C10H19N3O2S/c1-7(6-15-2)12-10(16)13-8-4-3-5-11-9(8)14/h7-8H,3-6H2,1-2H3,(H,11,14)(H2,12,13,16). The summed E-state index contributed by atoms with van der Waals surface area (Å²) < 4.78 is 4.99. The molecule has 92 valence electrons. The number of ether oxygens (including phenoxy) is 1. The van der Waals surface area contributed by atoms with Gasteiger partial charge >= 0.3 is 0 Å². The van der Waals surface area contributed by atoms with Crippen LogP contribution in [0.25, 0.3) is 0 Å². The molecule has 6 heteroatoms. The highest BCUT2D eigenvalue weighted by atomic mass is 32.1. The highest BCUT2D eigenvalue weighted by molar-refractivity contribution is 7.80. The fourth-order valence-corrected chi connectivity index (χ4v) is 1.97. The molecule has 1 rings (SSSR count). The fraction of sp³-hybridized carbons (Fsp3) is 0.800. The second kappa shape index (κ2) is 6.65. The van der Waals surface area contributed by atoms with E-state index in [4.69, 9.17) is 17.0 Å². The molecule has 1 aliphatic rings. The van der Waals surface area contributed by atoms with Gasteiger partial charge in [-0.3, -0.25) is 4.79 Å². The molecule has 0 aromatic heterocycles. The normalized spacial score (nSPS) is 22.1. The Morgan fingerprint density at radius 3 is 3.12 bits per heavy atom. The third-order valence-electron chi connectivity index (χ3n) is 2.38. The van der Waals surface area contributed by atoms with Gasteiger partial charge in [0, 0.05) is 19.7 Å². The number of hydrogen-bond acceptors (Lipinski definition) is 3. The molecule has 3 N–H and O–H groups in total. The minimum Gasteiger partial charge on any atom is -0.383 e. The molecule has 0 aliphatic carbocycles. The van der Waals surface area contributed by atoms with Crippen molar-refractivity contribution in [2.24, 2.45) is 0 Å². The van der Waals surface area contributed by atoms with Crippen molar-refractivity contribution in [3.05, 3.63) is 0 Å². The topological polar surface area (TPSA) is 62.4 Å². The summed E-state index contributed by atoms with van der Waals surface area (Å²) in [5, 5.41) is 9.38. The molecular weight excluding hydrogens is 226 g/mol. The van der Waals surface area contributed by atoms with Gasteiger partial charge in [0.15, 0.2) is 5.11 Å². The third kappa shape index (κ3) is 4.32. The van der Waals surface area contributed by atoms with Crippen molar-refractivity contribution in [1.82, 2.24) is 16.0 Å². The molecule has 1 heterocycles. The van der Waals surface area contributed by atoms with E-state index in [9.17, 15) is 4.79 Å². The van der Waals surface area contributed by atoms with Crippen LogP contribution in [0.15, 0.2) is 0 Å². The number of amides is 1. The van der Waals surface area contributed by atoms with Crippen molar-refractivity contribution < 1.29 is 9.53 Å². The van der Waals surface area contributed by atoms with Gasteiger partial charge in [0.1, 0.15) is 6.04 Å². The van der Waals surface area contributed by atoms with Crippen LogP contribution < -0.4 is 16.0 Å². The molecule has 0 aromatic carbocycles. The van der Waals surface area contributed by atoms with Crippen LogP contribution in [0, 0.1) is 0 Å². The molecule has 0 spiro atoms. The lowest BCUT2D eigenvalue weighted by atomic mass is 10.1. The van der Waals surface area contributed by atoms with Crippen LogP contribution in [0.2, 0.25) is 0 Å². The summed E-state index contributed by atoms with van der Waals surface area (Å²) >= 11 is 5.12. The first-order valence-electron chi connectivity index (χ1n) is 5.47. The van der Waals surface area contributed by atoms with Crippen LogP contribution in [-0.2, 0) is 9.53 Å². The minimum absolute atomic E-state index is 0.0230. The SMILES string of the molecule is COCC(C)NC(=S)NC1CCCNC1=O. The van der Waals surface area contributed by atoms with E-state index in [2.05, 4.69) is 16.0 Å². The number of hydrogen-bond donors (Lipinski definition) is 3. The largest absolute Gasteiger partial charge is 0.383 e. The van der Waals surface area contributed by atoms with Crippen LogP contribution in [0.4, 0.5) is 0 Å². The van der Waals surface area contributed by atoms with Gasteiger partial charge in [-0.25, -0.2) is 0 Å². The smallest absolute Gasteiger partial charge is 0.242 e. The van der Waals surface area contributed by atoms with E-state index in [1.165, 1.54) is 0 Å². The molecule has 0 radical (unpaired) electrons.